The second-order valence-electron chi connectivity index (χ2n) is 5.75. The highest BCUT2D eigenvalue weighted by molar-refractivity contribution is 5.64. The minimum atomic E-state index is 0.474. The van der Waals surface area contributed by atoms with Gasteiger partial charge >= 0.3 is 0 Å². The zero-order valence-electron chi connectivity index (χ0n) is 11.7. The first-order valence-electron chi connectivity index (χ1n) is 7.48. The van der Waals surface area contributed by atoms with Gasteiger partial charge in [0.1, 0.15) is 5.75 Å². The molecule has 3 rings (SSSR count). The topological polar surface area (TPSA) is 21.3 Å². The van der Waals surface area contributed by atoms with E-state index in [9.17, 15) is 0 Å². The van der Waals surface area contributed by atoms with E-state index in [1.165, 1.54) is 36.8 Å². The van der Waals surface area contributed by atoms with Crippen LogP contribution >= 0.6 is 0 Å². The van der Waals surface area contributed by atoms with E-state index < -0.39 is 0 Å². The molecule has 0 aliphatic heterocycles. The lowest BCUT2D eigenvalue weighted by Gasteiger charge is -2.07. The summed E-state index contributed by atoms with van der Waals surface area (Å²) in [4.78, 5) is 0. The molecule has 2 fully saturated rings. The van der Waals surface area contributed by atoms with Gasteiger partial charge in [-0.3, -0.25) is 0 Å². The Kier molecular flexibility index (Phi) is 3.88. The average Bonchev–Trinajstić information content (AvgIpc) is 3.29. The summed E-state index contributed by atoms with van der Waals surface area (Å²) in [5.74, 6) is 1.02. The van der Waals surface area contributed by atoms with Crippen molar-refractivity contribution in [3.63, 3.8) is 0 Å². The van der Waals surface area contributed by atoms with Crippen LogP contribution in [0.5, 0.6) is 5.75 Å². The van der Waals surface area contributed by atoms with Gasteiger partial charge < -0.3 is 10.1 Å². The number of hydrogen-bond acceptors (Lipinski definition) is 2. The van der Waals surface area contributed by atoms with E-state index >= 15 is 0 Å². The van der Waals surface area contributed by atoms with Crippen molar-refractivity contribution in [1.82, 2.24) is 5.32 Å². The van der Waals surface area contributed by atoms with Crippen molar-refractivity contribution in [1.29, 1.82) is 0 Å². The molecule has 0 radical (unpaired) electrons. The van der Waals surface area contributed by atoms with Gasteiger partial charge in [-0.2, -0.15) is 0 Å². The molecule has 0 bridgehead atoms. The third-order valence-corrected chi connectivity index (χ3v) is 3.72. The molecule has 0 atom stereocenters. The molecule has 0 spiro atoms. The third-order valence-electron chi connectivity index (χ3n) is 3.72. The number of nitrogens with one attached hydrogen (secondary N) is 1. The number of hydrogen-bond donors (Lipinski definition) is 1. The molecule has 19 heavy (non-hydrogen) atoms. The highest BCUT2D eigenvalue weighted by atomic mass is 16.5. The lowest BCUT2D eigenvalue weighted by Crippen LogP contribution is -2.16. The SMILES string of the molecule is C/C(=C/CCNC1CC1)c1cccc(OC2CC2)c1. The van der Waals surface area contributed by atoms with E-state index in [0.717, 1.165) is 24.8 Å². The Hall–Kier alpha value is -1.28. The molecule has 1 N–H and O–H groups in total. The summed E-state index contributed by atoms with van der Waals surface area (Å²) in [7, 11) is 0. The lowest BCUT2D eigenvalue weighted by molar-refractivity contribution is 0.303. The van der Waals surface area contributed by atoms with Crippen LogP contribution in [0.1, 0.15) is 44.6 Å². The molecule has 2 saturated carbocycles. The third kappa shape index (κ3) is 4.10. The van der Waals surface area contributed by atoms with Crippen LogP contribution in [-0.2, 0) is 0 Å². The molecule has 0 heterocycles. The molecule has 0 unspecified atom stereocenters. The summed E-state index contributed by atoms with van der Waals surface area (Å²) in [5.41, 5.74) is 2.63. The van der Waals surface area contributed by atoms with Gasteiger partial charge in [0.2, 0.25) is 0 Å². The van der Waals surface area contributed by atoms with Crippen LogP contribution in [0.15, 0.2) is 30.3 Å². The number of ether oxygens (including phenoxy) is 1. The lowest BCUT2D eigenvalue weighted by atomic mass is 10.1. The fourth-order valence-corrected chi connectivity index (χ4v) is 2.17. The van der Waals surface area contributed by atoms with E-state index in [1.54, 1.807) is 0 Å². The molecular formula is C17H23NO. The van der Waals surface area contributed by atoms with Crippen LogP contribution in [0.4, 0.5) is 0 Å². The van der Waals surface area contributed by atoms with Crippen molar-refractivity contribution >= 4 is 5.57 Å². The molecule has 2 aliphatic rings. The molecule has 1 aromatic carbocycles. The maximum Gasteiger partial charge on any atom is 0.120 e. The summed E-state index contributed by atoms with van der Waals surface area (Å²) in [6.45, 7) is 3.29. The number of rotatable bonds is 7. The van der Waals surface area contributed by atoms with Crippen LogP contribution in [0.25, 0.3) is 5.57 Å². The van der Waals surface area contributed by atoms with Gasteiger partial charge in [-0.15, -0.1) is 0 Å². The van der Waals surface area contributed by atoms with E-state index in [4.69, 9.17) is 4.74 Å². The highest BCUT2D eigenvalue weighted by Gasteiger charge is 2.23. The zero-order chi connectivity index (χ0) is 13.1. The van der Waals surface area contributed by atoms with Gasteiger partial charge in [0.25, 0.3) is 0 Å². The minimum absolute atomic E-state index is 0.474. The molecular weight excluding hydrogens is 234 g/mol. The van der Waals surface area contributed by atoms with Gasteiger partial charge in [-0.05, 0) is 68.8 Å². The predicted molar refractivity (Wildman–Crippen MR) is 79.4 cm³/mol. The molecule has 102 valence electrons. The predicted octanol–water partition coefficient (Wildman–Crippen LogP) is 3.77. The van der Waals surface area contributed by atoms with Gasteiger partial charge in [0.15, 0.2) is 0 Å². The molecule has 0 saturated heterocycles. The maximum atomic E-state index is 5.84. The second kappa shape index (κ2) is 5.79. The van der Waals surface area contributed by atoms with E-state index in [2.05, 4.69) is 42.6 Å². The largest absolute Gasteiger partial charge is 0.490 e. The van der Waals surface area contributed by atoms with Crippen LogP contribution in [0.3, 0.4) is 0 Å². The minimum Gasteiger partial charge on any atom is -0.490 e. The molecule has 0 amide bonds. The van der Waals surface area contributed by atoms with Crippen LogP contribution in [-0.4, -0.2) is 18.7 Å². The maximum absolute atomic E-state index is 5.84. The first kappa shape index (κ1) is 12.7. The molecule has 1 aromatic rings. The van der Waals surface area contributed by atoms with Crippen molar-refractivity contribution in [2.24, 2.45) is 0 Å². The Bertz CT molecular complexity index is 458. The second-order valence-corrected chi connectivity index (χ2v) is 5.75. The van der Waals surface area contributed by atoms with E-state index in [0.29, 0.717) is 6.10 Å². The summed E-state index contributed by atoms with van der Waals surface area (Å²) >= 11 is 0. The van der Waals surface area contributed by atoms with E-state index in [-0.39, 0.29) is 0 Å². The summed E-state index contributed by atoms with van der Waals surface area (Å²) < 4.78 is 5.84. The van der Waals surface area contributed by atoms with Gasteiger partial charge in [-0.1, -0.05) is 18.2 Å². The zero-order valence-corrected chi connectivity index (χ0v) is 11.7. The summed E-state index contributed by atoms with van der Waals surface area (Å²) in [6.07, 6.45) is 9.06. The fraction of sp³-hybridized carbons (Fsp3) is 0.529. The molecule has 2 aliphatic carbocycles. The first-order valence-corrected chi connectivity index (χ1v) is 7.48. The van der Waals surface area contributed by atoms with Crippen LogP contribution in [0, 0.1) is 0 Å². The van der Waals surface area contributed by atoms with E-state index in [1.807, 2.05) is 0 Å². The Labute approximate surface area is 115 Å². The molecule has 2 heteroatoms. The molecule has 2 nitrogen and oxygen atoms in total. The highest BCUT2D eigenvalue weighted by Crippen LogP contribution is 2.28. The standard InChI is InChI=1S/C17H23NO/c1-13(4-3-11-18-15-7-8-15)14-5-2-6-17(12-14)19-16-9-10-16/h2,4-6,12,15-16,18H,3,7-11H2,1H3/b13-4-. The van der Waals surface area contributed by atoms with Crippen molar-refractivity contribution in [2.45, 2.75) is 51.2 Å². The Morgan fingerprint density at radius 2 is 2.16 bits per heavy atom. The van der Waals surface area contributed by atoms with Gasteiger partial charge in [-0.25, -0.2) is 0 Å². The van der Waals surface area contributed by atoms with Crippen LogP contribution < -0.4 is 10.1 Å². The van der Waals surface area contributed by atoms with Crippen molar-refractivity contribution in [2.75, 3.05) is 6.54 Å². The Balaban J connectivity index is 1.54. The van der Waals surface area contributed by atoms with Crippen molar-refractivity contribution < 1.29 is 4.74 Å². The first-order chi connectivity index (χ1) is 9.31. The molecule has 0 aromatic heterocycles. The number of allylic oxidation sites excluding steroid dienone is 1. The Morgan fingerprint density at radius 1 is 1.32 bits per heavy atom. The van der Waals surface area contributed by atoms with Crippen molar-refractivity contribution in [3.05, 3.63) is 35.9 Å². The van der Waals surface area contributed by atoms with Crippen LogP contribution in [0.2, 0.25) is 0 Å². The Morgan fingerprint density at radius 3 is 2.89 bits per heavy atom. The fourth-order valence-electron chi connectivity index (χ4n) is 2.17. The van der Waals surface area contributed by atoms with Gasteiger partial charge in [0.05, 0.1) is 6.10 Å². The summed E-state index contributed by atoms with van der Waals surface area (Å²) in [6, 6.07) is 9.29. The quantitative estimate of drug-likeness (QED) is 0.751. The summed E-state index contributed by atoms with van der Waals surface area (Å²) in [5, 5.41) is 3.54. The number of benzene rings is 1. The monoisotopic (exact) mass is 257 g/mol. The smallest absolute Gasteiger partial charge is 0.120 e. The van der Waals surface area contributed by atoms with Crippen molar-refractivity contribution in [3.8, 4) is 5.75 Å². The normalized spacial score (nSPS) is 19.5. The van der Waals surface area contributed by atoms with Gasteiger partial charge in [0, 0.05) is 6.04 Å². The average molecular weight is 257 g/mol.